The second kappa shape index (κ2) is 1.38. The number of amidine groups is 1. The fourth-order valence-electron chi connectivity index (χ4n) is 0.197. The molecule has 1 aliphatic heterocycles. The molecule has 0 spiro atoms. The SMILES string of the molecule is N=C1CSN=N1. The molecule has 1 heterocycles. The third-order valence-corrected chi connectivity index (χ3v) is 1.02. The molecule has 0 aromatic rings. The van der Waals surface area contributed by atoms with Gasteiger partial charge in [0.1, 0.15) is 0 Å². The fourth-order valence-corrected chi connectivity index (χ4v) is 0.591. The number of hydrogen-bond acceptors (Lipinski definition) is 3. The maximum absolute atomic E-state index is 6.77. The van der Waals surface area contributed by atoms with Crippen molar-refractivity contribution in [3.8, 4) is 0 Å². The van der Waals surface area contributed by atoms with Gasteiger partial charge in [-0.1, -0.05) is 0 Å². The van der Waals surface area contributed by atoms with Crippen LogP contribution in [0.3, 0.4) is 0 Å². The van der Waals surface area contributed by atoms with Gasteiger partial charge in [0.25, 0.3) is 0 Å². The van der Waals surface area contributed by atoms with Gasteiger partial charge in [0.05, 0.1) is 5.75 Å². The molecule has 0 fully saturated rings. The minimum Gasteiger partial charge on any atom is -0.284 e. The normalized spacial score (nSPS) is 19.7. The van der Waals surface area contributed by atoms with Crippen molar-refractivity contribution in [1.82, 2.24) is 0 Å². The molecule has 0 aromatic carbocycles. The highest BCUT2D eigenvalue weighted by molar-refractivity contribution is 7.98. The zero-order valence-corrected chi connectivity index (χ0v) is 3.83. The van der Waals surface area contributed by atoms with Gasteiger partial charge in [-0.3, -0.25) is 5.41 Å². The molecule has 0 aromatic heterocycles. The monoisotopic (exact) mass is 101 g/mol. The predicted molar refractivity (Wildman–Crippen MR) is 25.0 cm³/mol. The molecule has 3 nitrogen and oxygen atoms in total. The lowest BCUT2D eigenvalue weighted by molar-refractivity contribution is 1.36. The van der Waals surface area contributed by atoms with E-state index in [1.807, 2.05) is 0 Å². The van der Waals surface area contributed by atoms with Crippen LogP contribution < -0.4 is 0 Å². The Labute approximate surface area is 39.5 Å². The number of hydrogen-bond donors (Lipinski definition) is 1. The first-order chi connectivity index (χ1) is 2.89. The summed E-state index contributed by atoms with van der Waals surface area (Å²) in [5.41, 5.74) is 0. The summed E-state index contributed by atoms with van der Waals surface area (Å²) >= 11 is 1.32. The van der Waals surface area contributed by atoms with E-state index in [2.05, 4.69) is 9.63 Å². The first-order valence-electron chi connectivity index (χ1n) is 1.50. The van der Waals surface area contributed by atoms with E-state index in [0.717, 1.165) is 0 Å². The average Bonchev–Trinajstić information content (AvgIpc) is 1.86. The predicted octanol–water partition coefficient (Wildman–Crippen LogP) is 1.08. The summed E-state index contributed by atoms with van der Waals surface area (Å²) < 4.78 is 3.48. The Hall–Kier alpha value is -0.380. The van der Waals surface area contributed by atoms with Crippen LogP contribution >= 0.6 is 11.9 Å². The summed E-state index contributed by atoms with van der Waals surface area (Å²) in [5.74, 6) is 1.03. The summed E-state index contributed by atoms with van der Waals surface area (Å²) in [4.78, 5) is 0. The van der Waals surface area contributed by atoms with Crippen LogP contribution in [-0.2, 0) is 0 Å². The molecule has 0 atom stereocenters. The molecule has 0 aliphatic carbocycles. The van der Waals surface area contributed by atoms with Crippen molar-refractivity contribution in [3.05, 3.63) is 0 Å². The maximum atomic E-state index is 6.77. The van der Waals surface area contributed by atoms with E-state index in [9.17, 15) is 0 Å². The Morgan fingerprint density at radius 1 is 1.83 bits per heavy atom. The first-order valence-corrected chi connectivity index (χ1v) is 2.44. The number of nitrogens with zero attached hydrogens (tertiary/aromatic N) is 2. The summed E-state index contributed by atoms with van der Waals surface area (Å²) in [5, 5.41) is 10.2. The quantitative estimate of drug-likeness (QED) is 0.456. The van der Waals surface area contributed by atoms with Crippen molar-refractivity contribution < 1.29 is 0 Å². The van der Waals surface area contributed by atoms with Crippen molar-refractivity contribution >= 4 is 17.8 Å². The van der Waals surface area contributed by atoms with Gasteiger partial charge < -0.3 is 0 Å². The minimum atomic E-state index is 0.375. The third kappa shape index (κ3) is 0.567. The van der Waals surface area contributed by atoms with E-state index in [1.54, 1.807) is 0 Å². The molecule has 1 N–H and O–H groups in total. The van der Waals surface area contributed by atoms with E-state index >= 15 is 0 Å². The zero-order valence-electron chi connectivity index (χ0n) is 3.01. The fraction of sp³-hybridized carbons (Fsp3) is 0.500. The van der Waals surface area contributed by atoms with Gasteiger partial charge in [0.2, 0.25) is 0 Å². The molecule has 32 valence electrons. The summed E-state index contributed by atoms with van der Waals surface area (Å²) in [6, 6.07) is 0. The van der Waals surface area contributed by atoms with Crippen LogP contribution in [0.1, 0.15) is 0 Å². The number of rotatable bonds is 0. The van der Waals surface area contributed by atoms with Gasteiger partial charge in [-0.25, -0.2) is 0 Å². The molecule has 0 saturated heterocycles. The molecule has 1 rings (SSSR count). The molecule has 0 bridgehead atoms. The molecule has 0 radical (unpaired) electrons. The topological polar surface area (TPSA) is 48.6 Å². The van der Waals surface area contributed by atoms with Crippen LogP contribution in [0.25, 0.3) is 0 Å². The smallest absolute Gasteiger partial charge is 0.156 e. The summed E-state index contributed by atoms with van der Waals surface area (Å²) in [6.07, 6.45) is 0. The standard InChI is InChI=1S/C2H3N3S/c3-2-1-6-5-4-2/h3H,1H2. The highest BCUT2D eigenvalue weighted by Gasteiger charge is 1.98. The largest absolute Gasteiger partial charge is 0.284 e. The Balaban J connectivity index is 2.59. The van der Waals surface area contributed by atoms with E-state index in [-0.39, 0.29) is 0 Å². The molecule has 6 heavy (non-hydrogen) atoms. The second-order valence-electron chi connectivity index (χ2n) is 0.902. The average molecular weight is 101 g/mol. The molecule has 0 unspecified atom stereocenters. The van der Waals surface area contributed by atoms with Crippen LogP contribution in [0.5, 0.6) is 0 Å². The van der Waals surface area contributed by atoms with Gasteiger partial charge >= 0.3 is 0 Å². The van der Waals surface area contributed by atoms with Crippen molar-refractivity contribution in [3.63, 3.8) is 0 Å². The van der Waals surface area contributed by atoms with Gasteiger partial charge in [-0.05, 0) is 0 Å². The first kappa shape index (κ1) is 3.80. The highest BCUT2D eigenvalue weighted by Crippen LogP contribution is 2.10. The van der Waals surface area contributed by atoms with Crippen LogP contribution in [0.4, 0.5) is 0 Å². The van der Waals surface area contributed by atoms with Gasteiger partial charge in [0.15, 0.2) is 5.84 Å². The Morgan fingerprint density at radius 2 is 2.67 bits per heavy atom. The second-order valence-corrected chi connectivity index (χ2v) is 1.61. The van der Waals surface area contributed by atoms with Crippen LogP contribution in [0, 0.1) is 5.41 Å². The molecule has 0 saturated carbocycles. The van der Waals surface area contributed by atoms with Gasteiger partial charge in [-0.2, -0.15) is 0 Å². The van der Waals surface area contributed by atoms with E-state index < -0.39 is 0 Å². The van der Waals surface area contributed by atoms with Crippen molar-refractivity contribution in [2.24, 2.45) is 9.63 Å². The van der Waals surface area contributed by atoms with Crippen molar-refractivity contribution in [2.75, 3.05) is 5.75 Å². The van der Waals surface area contributed by atoms with Crippen LogP contribution in [-0.4, -0.2) is 11.6 Å². The Kier molecular flexibility index (Phi) is 0.874. The highest BCUT2D eigenvalue weighted by atomic mass is 32.2. The Bertz CT molecular complexity index is 97.0. The zero-order chi connectivity index (χ0) is 4.41. The number of nitrogens with one attached hydrogen (secondary N) is 1. The summed E-state index contributed by atoms with van der Waals surface area (Å²) in [6.45, 7) is 0. The molecular weight excluding hydrogens is 98.1 g/mol. The van der Waals surface area contributed by atoms with Gasteiger partial charge in [-0.15, -0.1) is 9.63 Å². The lowest BCUT2D eigenvalue weighted by atomic mass is 10.7. The molecule has 4 heteroatoms. The van der Waals surface area contributed by atoms with Crippen molar-refractivity contribution in [2.45, 2.75) is 0 Å². The van der Waals surface area contributed by atoms with E-state index in [0.29, 0.717) is 11.6 Å². The molecule has 1 aliphatic rings. The van der Waals surface area contributed by atoms with Crippen LogP contribution in [0.15, 0.2) is 9.63 Å². The van der Waals surface area contributed by atoms with Crippen LogP contribution in [0.2, 0.25) is 0 Å². The van der Waals surface area contributed by atoms with E-state index in [1.165, 1.54) is 11.9 Å². The van der Waals surface area contributed by atoms with Crippen molar-refractivity contribution in [1.29, 1.82) is 5.41 Å². The Morgan fingerprint density at radius 3 is 2.83 bits per heavy atom. The summed E-state index contributed by atoms with van der Waals surface area (Å²) in [7, 11) is 0. The molecule has 0 amide bonds. The van der Waals surface area contributed by atoms with E-state index in [4.69, 9.17) is 5.41 Å². The lowest BCUT2D eigenvalue weighted by Gasteiger charge is -1.69. The lowest BCUT2D eigenvalue weighted by Crippen LogP contribution is -1.84. The van der Waals surface area contributed by atoms with Gasteiger partial charge in [0, 0.05) is 11.9 Å². The molecular formula is C2H3N3S. The third-order valence-electron chi connectivity index (χ3n) is 0.421. The maximum Gasteiger partial charge on any atom is 0.156 e. The minimum absolute atomic E-state index is 0.375.